The second-order valence-electron chi connectivity index (χ2n) is 9.13. The molecule has 3 amide bonds. The minimum atomic E-state index is -1.08. The zero-order valence-electron chi connectivity index (χ0n) is 22.6. The first-order chi connectivity index (χ1) is 20.6. The molecule has 1 unspecified atom stereocenters. The summed E-state index contributed by atoms with van der Waals surface area (Å²) < 4.78 is 0. The van der Waals surface area contributed by atoms with Crippen molar-refractivity contribution in [3.63, 3.8) is 0 Å². The standard InChI is InChI=1S/C32H25Cl2N3O5S/c1-19(29(38)36-23-10-5-9-21(17-23)32(41)42)43-24-15-13-22(14-16-24)35-31(40)28(18-25-26(33)11-6-12-27(25)34)37-30(39)20-7-3-2-4-8-20/h2-19H,1H3,(H,35,40)(H,36,38)(H,37,39)(H,41,42)/b28-18-. The summed E-state index contributed by atoms with van der Waals surface area (Å²) in [6.07, 6.45) is 1.41. The van der Waals surface area contributed by atoms with E-state index >= 15 is 0 Å². The third-order valence-electron chi connectivity index (χ3n) is 5.99. The van der Waals surface area contributed by atoms with Crippen LogP contribution < -0.4 is 16.0 Å². The highest BCUT2D eigenvalue weighted by Gasteiger charge is 2.18. The van der Waals surface area contributed by atoms with Gasteiger partial charge in [0.2, 0.25) is 5.91 Å². The predicted octanol–water partition coefficient (Wildman–Crippen LogP) is 7.22. The fraction of sp³-hybridized carbons (Fsp3) is 0.0625. The third-order valence-corrected chi connectivity index (χ3v) is 7.76. The molecular formula is C32H25Cl2N3O5S. The number of halogens is 2. The van der Waals surface area contributed by atoms with Crippen molar-refractivity contribution in [2.24, 2.45) is 0 Å². The van der Waals surface area contributed by atoms with Crippen LogP contribution in [0.2, 0.25) is 10.0 Å². The molecule has 43 heavy (non-hydrogen) atoms. The van der Waals surface area contributed by atoms with Crippen LogP contribution in [0, 0.1) is 0 Å². The molecule has 0 saturated carbocycles. The van der Waals surface area contributed by atoms with Crippen LogP contribution >= 0.6 is 35.0 Å². The summed E-state index contributed by atoms with van der Waals surface area (Å²) in [5.41, 5.74) is 1.57. The van der Waals surface area contributed by atoms with Gasteiger partial charge in [-0.05, 0) is 79.7 Å². The smallest absolute Gasteiger partial charge is 0.335 e. The Bertz CT molecular complexity index is 1680. The van der Waals surface area contributed by atoms with E-state index in [1.807, 2.05) is 0 Å². The Morgan fingerprint density at radius 2 is 1.40 bits per heavy atom. The van der Waals surface area contributed by atoms with Gasteiger partial charge in [-0.25, -0.2) is 4.79 Å². The van der Waals surface area contributed by atoms with Gasteiger partial charge in [0.15, 0.2) is 0 Å². The fourth-order valence-corrected chi connectivity index (χ4v) is 5.16. The lowest BCUT2D eigenvalue weighted by Gasteiger charge is -2.14. The third kappa shape index (κ3) is 8.71. The van der Waals surface area contributed by atoms with Gasteiger partial charge >= 0.3 is 5.97 Å². The molecule has 0 aliphatic carbocycles. The van der Waals surface area contributed by atoms with Gasteiger partial charge in [0.25, 0.3) is 11.8 Å². The van der Waals surface area contributed by atoms with Crippen molar-refractivity contribution in [3.05, 3.63) is 129 Å². The zero-order chi connectivity index (χ0) is 30.9. The minimum Gasteiger partial charge on any atom is -0.478 e. The Morgan fingerprint density at radius 3 is 2.05 bits per heavy atom. The Labute approximate surface area is 262 Å². The molecule has 0 fully saturated rings. The molecule has 0 radical (unpaired) electrons. The molecule has 0 bridgehead atoms. The van der Waals surface area contributed by atoms with Gasteiger partial charge in [0.1, 0.15) is 5.70 Å². The highest BCUT2D eigenvalue weighted by atomic mass is 35.5. The molecule has 0 spiro atoms. The van der Waals surface area contributed by atoms with Crippen LogP contribution in [0.4, 0.5) is 11.4 Å². The summed E-state index contributed by atoms with van der Waals surface area (Å²) in [5, 5.41) is 17.4. The molecule has 0 aromatic heterocycles. The fourth-order valence-electron chi connectivity index (χ4n) is 3.78. The Kier molecular flexibility index (Phi) is 10.6. The van der Waals surface area contributed by atoms with Crippen LogP contribution in [0.15, 0.2) is 108 Å². The molecule has 8 nitrogen and oxygen atoms in total. The van der Waals surface area contributed by atoms with E-state index in [0.29, 0.717) is 32.5 Å². The number of carbonyl (C=O) groups excluding carboxylic acids is 3. The molecule has 11 heteroatoms. The number of hydrogen-bond donors (Lipinski definition) is 4. The number of nitrogens with one attached hydrogen (secondary N) is 3. The number of carboxylic acid groups (broad SMARTS) is 1. The van der Waals surface area contributed by atoms with E-state index in [-0.39, 0.29) is 17.2 Å². The number of hydrogen-bond acceptors (Lipinski definition) is 5. The van der Waals surface area contributed by atoms with Crippen molar-refractivity contribution in [2.75, 3.05) is 10.6 Å². The minimum absolute atomic E-state index is 0.0698. The van der Waals surface area contributed by atoms with Gasteiger partial charge in [-0.1, -0.05) is 53.5 Å². The normalized spacial score (nSPS) is 11.7. The lowest BCUT2D eigenvalue weighted by molar-refractivity contribution is -0.115. The number of carboxylic acids is 1. The van der Waals surface area contributed by atoms with Crippen LogP contribution in [0.25, 0.3) is 6.08 Å². The Balaban J connectivity index is 1.45. The van der Waals surface area contributed by atoms with Crippen molar-refractivity contribution >= 4 is 76.1 Å². The largest absolute Gasteiger partial charge is 0.478 e. The molecular weight excluding hydrogens is 609 g/mol. The van der Waals surface area contributed by atoms with E-state index in [9.17, 15) is 19.2 Å². The number of benzene rings is 4. The van der Waals surface area contributed by atoms with Crippen molar-refractivity contribution < 1.29 is 24.3 Å². The lowest BCUT2D eigenvalue weighted by Crippen LogP contribution is -2.30. The highest BCUT2D eigenvalue weighted by Crippen LogP contribution is 2.28. The van der Waals surface area contributed by atoms with E-state index < -0.39 is 23.0 Å². The van der Waals surface area contributed by atoms with Gasteiger partial charge in [0, 0.05) is 37.4 Å². The maximum atomic E-state index is 13.3. The maximum Gasteiger partial charge on any atom is 0.335 e. The van der Waals surface area contributed by atoms with E-state index in [4.69, 9.17) is 28.3 Å². The van der Waals surface area contributed by atoms with Crippen LogP contribution in [0.3, 0.4) is 0 Å². The molecule has 0 aliphatic rings. The second kappa shape index (κ2) is 14.6. The number of rotatable bonds is 10. The van der Waals surface area contributed by atoms with E-state index in [1.165, 1.54) is 30.0 Å². The number of amides is 3. The quantitative estimate of drug-likeness (QED) is 0.108. The number of aromatic carboxylic acids is 1. The van der Waals surface area contributed by atoms with Crippen LogP contribution in [-0.2, 0) is 9.59 Å². The lowest BCUT2D eigenvalue weighted by atomic mass is 10.1. The van der Waals surface area contributed by atoms with E-state index in [1.54, 1.807) is 91.9 Å². The highest BCUT2D eigenvalue weighted by molar-refractivity contribution is 8.00. The molecule has 4 aromatic rings. The van der Waals surface area contributed by atoms with Crippen molar-refractivity contribution in [3.8, 4) is 0 Å². The first-order valence-corrected chi connectivity index (χ1v) is 14.5. The number of anilines is 2. The summed E-state index contributed by atoms with van der Waals surface area (Å²) in [7, 11) is 0. The van der Waals surface area contributed by atoms with Gasteiger partial charge in [-0.3, -0.25) is 14.4 Å². The monoisotopic (exact) mass is 633 g/mol. The van der Waals surface area contributed by atoms with Crippen LogP contribution in [-0.4, -0.2) is 34.0 Å². The van der Waals surface area contributed by atoms with Gasteiger partial charge in [-0.2, -0.15) is 0 Å². The number of thioether (sulfide) groups is 1. The average molecular weight is 635 g/mol. The maximum absolute atomic E-state index is 13.3. The summed E-state index contributed by atoms with van der Waals surface area (Å²) in [4.78, 5) is 50.8. The topological polar surface area (TPSA) is 125 Å². The summed E-state index contributed by atoms with van der Waals surface area (Å²) in [6, 6.07) is 26.2. The first-order valence-electron chi connectivity index (χ1n) is 12.8. The molecule has 4 N–H and O–H groups in total. The molecule has 0 aliphatic heterocycles. The number of carbonyl (C=O) groups is 4. The van der Waals surface area contributed by atoms with Crippen LogP contribution in [0.5, 0.6) is 0 Å². The Hall–Kier alpha value is -4.57. The van der Waals surface area contributed by atoms with Gasteiger partial charge in [-0.15, -0.1) is 11.8 Å². The molecule has 0 heterocycles. The summed E-state index contributed by atoms with van der Waals surface area (Å²) >= 11 is 13.9. The summed E-state index contributed by atoms with van der Waals surface area (Å²) in [5.74, 6) is -2.47. The molecule has 4 aromatic carbocycles. The van der Waals surface area contributed by atoms with Crippen molar-refractivity contribution in [1.82, 2.24) is 5.32 Å². The van der Waals surface area contributed by atoms with E-state index in [2.05, 4.69) is 16.0 Å². The van der Waals surface area contributed by atoms with Gasteiger partial charge in [0.05, 0.1) is 10.8 Å². The predicted molar refractivity (Wildman–Crippen MR) is 171 cm³/mol. The molecule has 0 saturated heterocycles. The SMILES string of the molecule is CC(Sc1ccc(NC(=O)/C(=C/c2c(Cl)cccc2Cl)NC(=O)c2ccccc2)cc1)C(=O)Nc1cccc(C(=O)O)c1. The Morgan fingerprint density at radius 1 is 0.767 bits per heavy atom. The molecule has 4 rings (SSSR count). The zero-order valence-corrected chi connectivity index (χ0v) is 25.0. The molecule has 1 atom stereocenters. The molecule has 218 valence electrons. The first kappa shape index (κ1) is 31.4. The van der Waals surface area contributed by atoms with Gasteiger partial charge < -0.3 is 21.1 Å². The van der Waals surface area contributed by atoms with Crippen molar-refractivity contribution in [2.45, 2.75) is 17.1 Å². The van der Waals surface area contributed by atoms with E-state index in [0.717, 1.165) is 4.90 Å². The summed E-state index contributed by atoms with van der Waals surface area (Å²) in [6.45, 7) is 1.73. The van der Waals surface area contributed by atoms with Crippen LogP contribution in [0.1, 0.15) is 33.2 Å². The van der Waals surface area contributed by atoms with Crippen molar-refractivity contribution in [1.29, 1.82) is 0 Å². The average Bonchev–Trinajstić information content (AvgIpc) is 2.99. The second-order valence-corrected chi connectivity index (χ2v) is 11.4.